The van der Waals surface area contributed by atoms with E-state index in [1.165, 1.54) is 23.7 Å². The molecule has 6 heteroatoms. The molecule has 0 aliphatic rings. The van der Waals surface area contributed by atoms with E-state index in [0.717, 1.165) is 10.4 Å². The predicted molar refractivity (Wildman–Crippen MR) is 90.0 cm³/mol. The van der Waals surface area contributed by atoms with Crippen molar-refractivity contribution in [3.8, 4) is 10.4 Å². The van der Waals surface area contributed by atoms with Gasteiger partial charge in [0.05, 0.1) is 9.77 Å². The smallest absolute Gasteiger partial charge is 0.197 e. The highest BCUT2D eigenvalue weighted by Crippen LogP contribution is 2.30. The van der Waals surface area contributed by atoms with Crippen molar-refractivity contribution in [3.63, 3.8) is 0 Å². The molecule has 22 heavy (non-hydrogen) atoms. The van der Waals surface area contributed by atoms with E-state index >= 15 is 0 Å². The molecule has 2 rings (SSSR count). The van der Waals surface area contributed by atoms with Gasteiger partial charge in [0, 0.05) is 37.5 Å². The Balaban J connectivity index is 2.31. The van der Waals surface area contributed by atoms with E-state index in [2.05, 4.69) is 0 Å². The summed E-state index contributed by atoms with van der Waals surface area (Å²) >= 11 is 1.35. The normalized spacial score (nSPS) is 11.8. The summed E-state index contributed by atoms with van der Waals surface area (Å²) in [6.07, 6.45) is 4.40. The number of nitrogens with zero attached hydrogens (tertiary/aromatic N) is 1. The quantitative estimate of drug-likeness (QED) is 0.622. The highest BCUT2D eigenvalue weighted by molar-refractivity contribution is 7.90. The molecule has 1 aromatic carbocycles. The Labute approximate surface area is 134 Å². The maximum absolute atomic E-state index is 12.0. The molecule has 0 fully saturated rings. The van der Waals surface area contributed by atoms with Gasteiger partial charge < -0.3 is 4.90 Å². The molecule has 0 aliphatic heterocycles. The first kappa shape index (κ1) is 16.5. The topological polar surface area (TPSA) is 54.5 Å². The maximum atomic E-state index is 12.0. The van der Waals surface area contributed by atoms with Crippen LogP contribution in [0.25, 0.3) is 10.4 Å². The van der Waals surface area contributed by atoms with Crippen molar-refractivity contribution in [2.24, 2.45) is 0 Å². The number of hydrogen-bond donors (Lipinski definition) is 0. The standard InChI is InChI=1S/C16H17NO3S2/c1-17(2)10-9-14(18)16-8-7-15(21-16)12-5-4-6-13(11-12)22(3,19)20/h4-11H,1-3H3. The van der Waals surface area contributed by atoms with E-state index in [4.69, 9.17) is 0 Å². The largest absolute Gasteiger partial charge is 0.383 e. The van der Waals surface area contributed by atoms with E-state index in [1.54, 1.807) is 35.4 Å². The van der Waals surface area contributed by atoms with Gasteiger partial charge in [0.25, 0.3) is 0 Å². The molecule has 116 valence electrons. The van der Waals surface area contributed by atoms with Gasteiger partial charge in [0.1, 0.15) is 0 Å². The van der Waals surface area contributed by atoms with Crippen molar-refractivity contribution < 1.29 is 13.2 Å². The fourth-order valence-corrected chi connectivity index (χ4v) is 3.39. The molecule has 0 saturated carbocycles. The van der Waals surface area contributed by atoms with Crippen molar-refractivity contribution in [3.05, 3.63) is 53.6 Å². The number of allylic oxidation sites excluding steroid dienone is 1. The Kier molecular flexibility index (Phi) is 4.83. The lowest BCUT2D eigenvalue weighted by Crippen LogP contribution is -2.02. The molecule has 0 atom stereocenters. The average molecular weight is 335 g/mol. The van der Waals surface area contributed by atoms with Crippen LogP contribution in [0.15, 0.2) is 53.6 Å². The third-order valence-corrected chi connectivity index (χ3v) is 5.18. The van der Waals surface area contributed by atoms with Gasteiger partial charge in [-0.2, -0.15) is 0 Å². The highest BCUT2D eigenvalue weighted by atomic mass is 32.2. The molecular formula is C16H17NO3S2. The lowest BCUT2D eigenvalue weighted by molar-refractivity contribution is 0.104. The van der Waals surface area contributed by atoms with Crippen LogP contribution in [0.3, 0.4) is 0 Å². The number of benzene rings is 1. The number of hydrogen-bond acceptors (Lipinski definition) is 5. The van der Waals surface area contributed by atoms with E-state index in [0.29, 0.717) is 4.88 Å². The van der Waals surface area contributed by atoms with Crippen LogP contribution in [0.4, 0.5) is 0 Å². The lowest BCUT2D eigenvalue weighted by atomic mass is 10.2. The van der Waals surface area contributed by atoms with Crippen LogP contribution >= 0.6 is 11.3 Å². The zero-order valence-corrected chi connectivity index (χ0v) is 14.2. The van der Waals surface area contributed by atoms with Crippen LogP contribution < -0.4 is 0 Å². The Morgan fingerprint density at radius 2 is 1.91 bits per heavy atom. The first-order chi connectivity index (χ1) is 10.3. The molecule has 0 amide bonds. The number of carbonyl (C=O) groups is 1. The van der Waals surface area contributed by atoms with Crippen molar-refractivity contribution in [1.29, 1.82) is 0 Å². The van der Waals surface area contributed by atoms with Crippen molar-refractivity contribution in [2.75, 3.05) is 20.4 Å². The van der Waals surface area contributed by atoms with Crippen LogP contribution in [-0.2, 0) is 9.84 Å². The number of sulfone groups is 1. The minimum absolute atomic E-state index is 0.0655. The monoisotopic (exact) mass is 335 g/mol. The first-order valence-corrected chi connectivity index (χ1v) is 9.27. The minimum Gasteiger partial charge on any atom is -0.383 e. The Morgan fingerprint density at radius 1 is 1.18 bits per heavy atom. The zero-order valence-electron chi connectivity index (χ0n) is 12.6. The van der Waals surface area contributed by atoms with Crippen molar-refractivity contribution in [1.82, 2.24) is 4.90 Å². The fourth-order valence-electron chi connectivity index (χ4n) is 1.80. The van der Waals surface area contributed by atoms with Gasteiger partial charge in [-0.25, -0.2) is 8.42 Å². The molecule has 0 aliphatic carbocycles. The molecule has 0 radical (unpaired) electrons. The van der Waals surface area contributed by atoms with Crippen molar-refractivity contribution in [2.45, 2.75) is 4.90 Å². The van der Waals surface area contributed by atoms with Crippen LogP contribution in [0.1, 0.15) is 9.67 Å². The summed E-state index contributed by atoms with van der Waals surface area (Å²) in [6.45, 7) is 0. The second-order valence-electron chi connectivity index (χ2n) is 5.11. The third kappa shape index (κ3) is 4.05. The van der Waals surface area contributed by atoms with Gasteiger partial charge in [-0.15, -0.1) is 11.3 Å². The summed E-state index contributed by atoms with van der Waals surface area (Å²) in [5, 5.41) is 0. The summed E-state index contributed by atoms with van der Waals surface area (Å²) in [7, 11) is 0.455. The maximum Gasteiger partial charge on any atom is 0.197 e. The molecule has 0 N–H and O–H groups in total. The first-order valence-electron chi connectivity index (χ1n) is 6.56. The Hall–Kier alpha value is -1.92. The zero-order chi connectivity index (χ0) is 16.3. The molecular weight excluding hydrogens is 318 g/mol. The minimum atomic E-state index is -3.24. The number of carbonyl (C=O) groups excluding carboxylic acids is 1. The fraction of sp³-hybridized carbons (Fsp3) is 0.188. The van der Waals surface area contributed by atoms with Crippen molar-refractivity contribution >= 4 is 27.0 Å². The second kappa shape index (κ2) is 6.46. The SMILES string of the molecule is CN(C)C=CC(=O)c1ccc(-c2cccc(S(C)(=O)=O)c2)s1. The molecule has 1 heterocycles. The van der Waals surface area contributed by atoms with E-state index in [9.17, 15) is 13.2 Å². The summed E-state index contributed by atoms with van der Waals surface area (Å²) in [4.78, 5) is 15.6. The molecule has 0 unspecified atom stereocenters. The molecule has 0 saturated heterocycles. The van der Waals surface area contributed by atoms with Gasteiger partial charge in [-0.3, -0.25) is 4.79 Å². The average Bonchev–Trinajstić information content (AvgIpc) is 2.94. The second-order valence-corrected chi connectivity index (χ2v) is 8.21. The van der Waals surface area contributed by atoms with Gasteiger partial charge in [-0.1, -0.05) is 12.1 Å². The molecule has 4 nitrogen and oxygen atoms in total. The van der Waals surface area contributed by atoms with E-state index in [-0.39, 0.29) is 10.7 Å². The lowest BCUT2D eigenvalue weighted by Gasteiger charge is -2.02. The van der Waals surface area contributed by atoms with Gasteiger partial charge in [0.2, 0.25) is 0 Å². The third-order valence-electron chi connectivity index (χ3n) is 2.92. The van der Waals surface area contributed by atoms with Crippen LogP contribution in [0.2, 0.25) is 0 Å². The van der Waals surface area contributed by atoms with Gasteiger partial charge in [0.15, 0.2) is 15.6 Å². The molecule has 0 spiro atoms. The summed E-state index contributed by atoms with van der Waals surface area (Å²) < 4.78 is 23.2. The summed E-state index contributed by atoms with van der Waals surface area (Å²) in [5.41, 5.74) is 0.795. The predicted octanol–water partition coefficient (Wildman–Crippen LogP) is 3.08. The van der Waals surface area contributed by atoms with Crippen LogP contribution in [-0.4, -0.2) is 39.5 Å². The van der Waals surface area contributed by atoms with E-state index < -0.39 is 9.84 Å². The number of ketones is 1. The Morgan fingerprint density at radius 3 is 2.55 bits per heavy atom. The molecule has 1 aromatic heterocycles. The summed E-state index contributed by atoms with van der Waals surface area (Å²) in [6, 6.07) is 10.3. The molecule has 2 aromatic rings. The van der Waals surface area contributed by atoms with Gasteiger partial charge >= 0.3 is 0 Å². The number of thiophene rings is 1. The van der Waals surface area contributed by atoms with Crippen LogP contribution in [0, 0.1) is 0 Å². The highest BCUT2D eigenvalue weighted by Gasteiger charge is 2.11. The van der Waals surface area contributed by atoms with E-state index in [1.807, 2.05) is 26.2 Å². The van der Waals surface area contributed by atoms with Gasteiger partial charge in [-0.05, 0) is 29.8 Å². The summed E-state index contributed by atoms with van der Waals surface area (Å²) in [5.74, 6) is -0.0655. The van der Waals surface area contributed by atoms with Crippen LogP contribution in [0.5, 0.6) is 0 Å². The molecule has 0 bridgehead atoms. The Bertz CT molecular complexity index is 817. The number of rotatable bonds is 5.